The molecule has 3 aromatic rings. The fraction of sp³-hybridized carbons (Fsp3) is 0.464. The first-order valence-electron chi connectivity index (χ1n) is 12.9. The van der Waals surface area contributed by atoms with E-state index in [2.05, 4.69) is 23.5 Å². The maximum Gasteiger partial charge on any atom is 0.234 e. The van der Waals surface area contributed by atoms with Gasteiger partial charge in [0.05, 0.1) is 31.2 Å². The standard InChI is InChI=1S/C28H39N3O5S.ClH/c1-6-8-15-30(16-9-7-2)18-19-37(33,34)29-23-14-13-22(20-25(23)35-4)27(32)26-21(3)28(36-5)24-12-10-11-17-31(24)26;/h10-14,17,20,29H,6-9,15-16,18-19H2,1-5H3;1H. The molecule has 0 aliphatic carbocycles. The molecule has 0 saturated carbocycles. The lowest BCUT2D eigenvalue weighted by Crippen LogP contribution is -2.33. The van der Waals surface area contributed by atoms with Crippen LogP contribution in [0.5, 0.6) is 11.5 Å². The van der Waals surface area contributed by atoms with Gasteiger partial charge in [-0.1, -0.05) is 32.8 Å². The number of nitrogens with zero attached hydrogens (tertiary/aromatic N) is 2. The van der Waals surface area contributed by atoms with Crippen molar-refractivity contribution in [3.8, 4) is 11.5 Å². The molecular weight excluding hydrogens is 526 g/mol. The number of ether oxygens (including phenoxy) is 2. The van der Waals surface area contributed by atoms with Crippen molar-refractivity contribution in [2.24, 2.45) is 0 Å². The van der Waals surface area contributed by atoms with Gasteiger partial charge < -0.3 is 18.8 Å². The zero-order valence-electron chi connectivity index (χ0n) is 23.0. The molecule has 0 amide bonds. The van der Waals surface area contributed by atoms with Crippen LogP contribution in [-0.4, -0.2) is 63.1 Å². The largest absolute Gasteiger partial charge is 0.495 e. The summed E-state index contributed by atoms with van der Waals surface area (Å²) in [6.45, 7) is 8.37. The zero-order valence-corrected chi connectivity index (χ0v) is 24.6. The van der Waals surface area contributed by atoms with Gasteiger partial charge in [0.15, 0.2) is 0 Å². The Bertz CT molecular complexity index is 1320. The Morgan fingerprint density at radius 2 is 1.68 bits per heavy atom. The summed E-state index contributed by atoms with van der Waals surface area (Å²) in [7, 11) is -0.569. The number of carbonyl (C=O) groups is 1. The number of nitrogens with one attached hydrogen (secondary N) is 1. The summed E-state index contributed by atoms with van der Waals surface area (Å²) < 4.78 is 41.3. The molecular formula is C28H40ClN3O5S. The van der Waals surface area contributed by atoms with E-state index >= 15 is 0 Å². The number of halogens is 1. The Morgan fingerprint density at radius 3 is 2.29 bits per heavy atom. The predicted molar refractivity (Wildman–Crippen MR) is 156 cm³/mol. The Labute approximate surface area is 232 Å². The maximum atomic E-state index is 13.5. The third kappa shape index (κ3) is 7.42. The van der Waals surface area contributed by atoms with E-state index in [0.717, 1.165) is 49.9 Å². The van der Waals surface area contributed by atoms with E-state index in [9.17, 15) is 13.2 Å². The Balaban J connectivity index is 0.00000507. The molecule has 0 radical (unpaired) electrons. The topological polar surface area (TPSA) is 89.4 Å². The van der Waals surface area contributed by atoms with E-state index in [1.807, 2.05) is 35.7 Å². The fourth-order valence-corrected chi connectivity index (χ4v) is 5.57. The number of aromatic nitrogens is 1. The molecule has 0 fully saturated rings. The van der Waals surface area contributed by atoms with Gasteiger partial charge in [0.2, 0.25) is 15.8 Å². The van der Waals surface area contributed by atoms with E-state index in [0.29, 0.717) is 29.2 Å². The van der Waals surface area contributed by atoms with Gasteiger partial charge in [-0.15, -0.1) is 12.4 Å². The normalized spacial score (nSPS) is 11.4. The number of rotatable bonds is 15. The first kappa shape index (κ1) is 31.5. The number of anilines is 1. The lowest BCUT2D eigenvalue weighted by atomic mass is 10.0. The van der Waals surface area contributed by atoms with Gasteiger partial charge in [0.25, 0.3) is 0 Å². The number of fused-ring (bicyclic) bond motifs is 1. The first-order valence-corrected chi connectivity index (χ1v) is 14.5. The van der Waals surface area contributed by atoms with Crippen LogP contribution in [0.25, 0.3) is 5.52 Å². The molecule has 2 heterocycles. The molecule has 1 aromatic carbocycles. The molecule has 0 unspecified atom stereocenters. The third-order valence-corrected chi connectivity index (χ3v) is 7.76. The van der Waals surface area contributed by atoms with Crippen molar-refractivity contribution >= 4 is 39.4 Å². The van der Waals surface area contributed by atoms with Crippen molar-refractivity contribution in [2.45, 2.75) is 46.5 Å². The summed E-state index contributed by atoms with van der Waals surface area (Å²) in [4.78, 5) is 15.8. The highest BCUT2D eigenvalue weighted by Crippen LogP contribution is 2.33. The molecule has 10 heteroatoms. The highest BCUT2D eigenvalue weighted by molar-refractivity contribution is 7.92. The number of benzene rings is 1. The highest BCUT2D eigenvalue weighted by Gasteiger charge is 2.24. The first-order chi connectivity index (χ1) is 17.8. The Morgan fingerprint density at radius 1 is 1.00 bits per heavy atom. The van der Waals surface area contributed by atoms with Crippen molar-refractivity contribution in [1.29, 1.82) is 0 Å². The molecule has 1 N–H and O–H groups in total. The number of methoxy groups -OCH3 is 2. The second-order valence-electron chi connectivity index (χ2n) is 9.18. The van der Waals surface area contributed by atoms with Crippen molar-refractivity contribution in [1.82, 2.24) is 9.30 Å². The van der Waals surface area contributed by atoms with Gasteiger partial charge in [-0.3, -0.25) is 9.52 Å². The number of ketones is 1. The molecule has 210 valence electrons. The Hall–Kier alpha value is -2.75. The monoisotopic (exact) mass is 565 g/mol. The van der Waals surface area contributed by atoms with Crippen LogP contribution in [0, 0.1) is 6.92 Å². The molecule has 0 bridgehead atoms. The highest BCUT2D eigenvalue weighted by atomic mass is 35.5. The van der Waals surface area contributed by atoms with Gasteiger partial charge in [0, 0.05) is 23.9 Å². The van der Waals surface area contributed by atoms with E-state index in [-0.39, 0.29) is 29.7 Å². The van der Waals surface area contributed by atoms with E-state index in [1.165, 1.54) is 7.11 Å². The summed E-state index contributed by atoms with van der Waals surface area (Å²) in [5, 5.41) is 0. The van der Waals surface area contributed by atoms with Crippen LogP contribution >= 0.6 is 12.4 Å². The second kappa shape index (κ2) is 14.4. The van der Waals surface area contributed by atoms with Gasteiger partial charge in [-0.2, -0.15) is 0 Å². The van der Waals surface area contributed by atoms with Crippen LogP contribution < -0.4 is 14.2 Å². The second-order valence-corrected chi connectivity index (χ2v) is 11.0. The van der Waals surface area contributed by atoms with Gasteiger partial charge in [-0.25, -0.2) is 8.42 Å². The minimum atomic E-state index is -3.61. The van der Waals surface area contributed by atoms with Crippen LogP contribution in [0.1, 0.15) is 61.1 Å². The number of pyridine rings is 1. The van der Waals surface area contributed by atoms with E-state index in [4.69, 9.17) is 9.47 Å². The quantitative estimate of drug-likeness (QED) is 0.243. The molecule has 2 aromatic heterocycles. The number of unbranched alkanes of at least 4 members (excludes halogenated alkanes) is 2. The van der Waals surface area contributed by atoms with E-state index < -0.39 is 10.0 Å². The number of hydrogen-bond acceptors (Lipinski definition) is 6. The van der Waals surface area contributed by atoms with Crippen LogP contribution in [0.4, 0.5) is 5.69 Å². The summed E-state index contributed by atoms with van der Waals surface area (Å²) in [5.74, 6) is 0.706. The van der Waals surface area contributed by atoms with Gasteiger partial charge in [0.1, 0.15) is 17.2 Å². The van der Waals surface area contributed by atoms with Gasteiger partial charge in [-0.05, 0) is 63.2 Å². The molecule has 8 nitrogen and oxygen atoms in total. The summed E-state index contributed by atoms with van der Waals surface area (Å²) in [6, 6.07) is 10.4. The summed E-state index contributed by atoms with van der Waals surface area (Å²) in [5.41, 5.74) is 2.72. The summed E-state index contributed by atoms with van der Waals surface area (Å²) in [6.07, 6.45) is 6.05. The summed E-state index contributed by atoms with van der Waals surface area (Å²) >= 11 is 0. The zero-order chi connectivity index (χ0) is 27.0. The van der Waals surface area contributed by atoms with Crippen LogP contribution in [0.15, 0.2) is 42.6 Å². The van der Waals surface area contributed by atoms with E-state index in [1.54, 1.807) is 25.3 Å². The van der Waals surface area contributed by atoms with Crippen LogP contribution in [0.2, 0.25) is 0 Å². The minimum Gasteiger partial charge on any atom is -0.495 e. The molecule has 3 rings (SSSR count). The van der Waals surface area contributed by atoms with Crippen LogP contribution in [0.3, 0.4) is 0 Å². The molecule has 0 spiro atoms. The molecule has 38 heavy (non-hydrogen) atoms. The van der Waals surface area contributed by atoms with Gasteiger partial charge >= 0.3 is 0 Å². The lowest BCUT2D eigenvalue weighted by Gasteiger charge is -2.22. The molecule has 0 aliphatic heterocycles. The van der Waals surface area contributed by atoms with Crippen molar-refractivity contribution in [3.05, 3.63) is 59.4 Å². The molecule has 0 aliphatic rings. The smallest absolute Gasteiger partial charge is 0.234 e. The number of carbonyl (C=O) groups excluding carboxylic acids is 1. The fourth-order valence-electron chi connectivity index (χ4n) is 4.46. The molecule has 0 atom stereocenters. The SMILES string of the molecule is CCCCN(CCCC)CCS(=O)(=O)Nc1ccc(C(=O)c2c(C)c(OC)c3ccccn23)cc1OC.Cl. The van der Waals surface area contributed by atoms with Crippen molar-refractivity contribution in [3.63, 3.8) is 0 Å². The van der Waals surface area contributed by atoms with Crippen molar-refractivity contribution < 1.29 is 22.7 Å². The molecule has 0 saturated heterocycles. The lowest BCUT2D eigenvalue weighted by molar-refractivity contribution is 0.103. The average molecular weight is 566 g/mol. The predicted octanol–water partition coefficient (Wildman–Crippen LogP) is 5.56. The number of sulfonamides is 1. The Kier molecular flexibility index (Phi) is 11.9. The third-order valence-electron chi connectivity index (χ3n) is 6.51. The number of hydrogen-bond donors (Lipinski definition) is 1. The minimum absolute atomic E-state index is 0. The van der Waals surface area contributed by atoms with Crippen LogP contribution in [-0.2, 0) is 10.0 Å². The maximum absolute atomic E-state index is 13.5. The average Bonchev–Trinajstić information content (AvgIpc) is 3.18. The van der Waals surface area contributed by atoms with Crippen molar-refractivity contribution in [2.75, 3.05) is 44.3 Å².